The van der Waals surface area contributed by atoms with E-state index in [4.69, 9.17) is 4.74 Å². The van der Waals surface area contributed by atoms with Gasteiger partial charge in [-0.25, -0.2) is 0 Å². The van der Waals surface area contributed by atoms with Crippen LogP contribution in [0.2, 0.25) is 0 Å². The smallest absolute Gasteiger partial charge is 0.257 e. The molecule has 5 rings (SSSR count). The Balaban J connectivity index is 1.74. The Kier molecular flexibility index (Phi) is 4.95. The fraction of sp³-hybridized carbons (Fsp3) is 0.333. The van der Waals surface area contributed by atoms with Crippen molar-refractivity contribution in [3.63, 3.8) is 0 Å². The number of ether oxygens (including phenoxy) is 1. The molecule has 1 aromatic rings. The number of carbonyl (C=O) groups is 4. The van der Waals surface area contributed by atoms with Crippen molar-refractivity contribution >= 4 is 39.3 Å². The Morgan fingerprint density at radius 2 is 1.85 bits per heavy atom. The topological polar surface area (TPSA) is 121 Å². The van der Waals surface area contributed by atoms with Gasteiger partial charge in [0.05, 0.1) is 23.4 Å². The molecule has 2 amide bonds. The van der Waals surface area contributed by atoms with Crippen molar-refractivity contribution in [2.75, 3.05) is 7.11 Å². The van der Waals surface area contributed by atoms with Gasteiger partial charge in [0.2, 0.25) is 0 Å². The maximum absolute atomic E-state index is 13.3. The summed E-state index contributed by atoms with van der Waals surface area (Å²) in [6, 6.07) is 3.27. The van der Waals surface area contributed by atoms with E-state index in [0.29, 0.717) is 26.8 Å². The SMILES string of the molecule is COc1cc([C@H]2C3=CC[C@@H]4C(=O)N(O)C(=O)[C@@H]4[C@@H]3CC3=C2C(=O)C(C)=CC3=O)cc(Br)c1O. The van der Waals surface area contributed by atoms with Gasteiger partial charge in [-0.05, 0) is 65.4 Å². The van der Waals surface area contributed by atoms with E-state index in [-0.39, 0.29) is 41.0 Å². The van der Waals surface area contributed by atoms with Crippen LogP contribution in [-0.4, -0.2) is 45.9 Å². The summed E-state index contributed by atoms with van der Waals surface area (Å²) >= 11 is 3.32. The fourth-order valence-electron chi connectivity index (χ4n) is 5.64. The summed E-state index contributed by atoms with van der Waals surface area (Å²) in [4.78, 5) is 51.5. The lowest BCUT2D eigenvalue weighted by Crippen LogP contribution is -2.39. The number of benzene rings is 1. The monoisotopic (exact) mass is 513 g/mol. The number of fused-ring (bicyclic) bond motifs is 3. The number of ketones is 2. The summed E-state index contributed by atoms with van der Waals surface area (Å²) in [5.41, 5.74) is 2.35. The van der Waals surface area contributed by atoms with Gasteiger partial charge in [-0.1, -0.05) is 11.6 Å². The molecule has 0 saturated carbocycles. The zero-order valence-corrected chi connectivity index (χ0v) is 19.4. The number of methoxy groups -OCH3 is 1. The maximum Gasteiger partial charge on any atom is 0.257 e. The molecule has 1 aromatic carbocycles. The van der Waals surface area contributed by atoms with E-state index >= 15 is 0 Å². The van der Waals surface area contributed by atoms with E-state index in [9.17, 15) is 29.5 Å². The number of hydroxylamine groups is 2. The van der Waals surface area contributed by atoms with Crippen LogP contribution in [0.15, 0.2) is 51.0 Å². The first-order valence-corrected chi connectivity index (χ1v) is 11.3. The largest absolute Gasteiger partial charge is 0.503 e. The molecule has 0 unspecified atom stereocenters. The Labute approximate surface area is 197 Å². The molecule has 0 spiro atoms. The summed E-state index contributed by atoms with van der Waals surface area (Å²) < 4.78 is 5.65. The lowest BCUT2D eigenvalue weighted by Gasteiger charge is -2.42. The second-order valence-electron chi connectivity index (χ2n) is 8.77. The molecule has 2 N–H and O–H groups in total. The number of imide groups is 1. The molecule has 9 heteroatoms. The number of nitrogens with zero attached hydrogens (tertiary/aromatic N) is 1. The summed E-state index contributed by atoms with van der Waals surface area (Å²) in [6.45, 7) is 1.59. The van der Waals surface area contributed by atoms with Crippen LogP contribution in [0.5, 0.6) is 11.5 Å². The predicted octanol–water partition coefficient (Wildman–Crippen LogP) is 2.98. The minimum atomic E-state index is -0.809. The number of carbonyl (C=O) groups excluding carboxylic acids is 4. The third kappa shape index (κ3) is 2.99. The molecule has 1 saturated heterocycles. The molecule has 4 aliphatic rings. The van der Waals surface area contributed by atoms with Crippen LogP contribution >= 0.6 is 15.9 Å². The molecule has 1 aliphatic heterocycles. The van der Waals surface area contributed by atoms with Crippen LogP contribution in [0.1, 0.15) is 31.2 Å². The number of hydrogen-bond donors (Lipinski definition) is 2. The molecule has 33 heavy (non-hydrogen) atoms. The van der Waals surface area contributed by atoms with Crippen LogP contribution < -0.4 is 4.74 Å². The molecule has 170 valence electrons. The standard InChI is InChI=1S/C24H20BrNO7/c1-9-5-16(27)14-8-13-11(3-4-12-19(13)24(31)26(32)23(12)30)18(20(14)21(9)28)10-6-15(25)22(29)17(7-10)33-2/h3,5-7,12-13,18-19,29,32H,4,8H2,1-2H3/t12-,13+,18-,19-/m0/s1. The molecule has 0 radical (unpaired) electrons. The fourth-order valence-corrected chi connectivity index (χ4v) is 6.10. The highest BCUT2D eigenvalue weighted by Gasteiger charge is 2.56. The zero-order valence-electron chi connectivity index (χ0n) is 17.8. The molecule has 0 aromatic heterocycles. The van der Waals surface area contributed by atoms with Crippen LogP contribution in [0, 0.1) is 17.8 Å². The highest BCUT2D eigenvalue weighted by molar-refractivity contribution is 9.10. The Hall–Kier alpha value is -3.04. The number of phenolic OH excluding ortho intramolecular Hbond substituents is 1. The number of phenols is 1. The van der Waals surface area contributed by atoms with Gasteiger partial charge in [0.1, 0.15) is 0 Å². The average molecular weight is 514 g/mol. The number of allylic oxidation sites excluding steroid dienone is 6. The van der Waals surface area contributed by atoms with Crippen molar-refractivity contribution in [3.8, 4) is 11.5 Å². The molecular formula is C24H20BrNO7. The first-order valence-electron chi connectivity index (χ1n) is 10.5. The number of halogens is 1. The molecule has 4 atom stereocenters. The lowest BCUT2D eigenvalue weighted by molar-refractivity contribution is -0.173. The van der Waals surface area contributed by atoms with Crippen LogP contribution in [0.3, 0.4) is 0 Å². The molecular weight excluding hydrogens is 494 g/mol. The van der Waals surface area contributed by atoms with Gasteiger partial charge in [-0.15, -0.1) is 0 Å². The summed E-state index contributed by atoms with van der Waals surface area (Å²) in [5, 5.41) is 20.5. The van der Waals surface area contributed by atoms with E-state index in [1.807, 2.05) is 6.08 Å². The van der Waals surface area contributed by atoms with Crippen molar-refractivity contribution in [2.45, 2.75) is 25.7 Å². The Morgan fingerprint density at radius 3 is 2.55 bits per heavy atom. The molecule has 1 heterocycles. The summed E-state index contributed by atoms with van der Waals surface area (Å²) in [6.07, 6.45) is 3.53. The van der Waals surface area contributed by atoms with Gasteiger partial charge in [-0.3, -0.25) is 24.4 Å². The normalized spacial score (nSPS) is 28.9. The Bertz CT molecular complexity index is 1260. The van der Waals surface area contributed by atoms with Crippen molar-refractivity contribution in [1.29, 1.82) is 0 Å². The van der Waals surface area contributed by atoms with Gasteiger partial charge in [0, 0.05) is 22.6 Å². The highest BCUT2D eigenvalue weighted by Crippen LogP contribution is 2.55. The first kappa shape index (κ1) is 21.8. The van der Waals surface area contributed by atoms with E-state index in [1.165, 1.54) is 13.2 Å². The zero-order chi connectivity index (χ0) is 23.8. The molecule has 0 bridgehead atoms. The van der Waals surface area contributed by atoms with Gasteiger partial charge < -0.3 is 9.84 Å². The van der Waals surface area contributed by atoms with Crippen LogP contribution in [0.25, 0.3) is 0 Å². The third-order valence-corrected chi connectivity index (χ3v) is 7.75. The number of Topliss-reactive ketones (excluding diaryl/α,β-unsaturated/α-hetero) is 1. The third-order valence-electron chi connectivity index (χ3n) is 7.15. The minimum absolute atomic E-state index is 0.102. The van der Waals surface area contributed by atoms with E-state index < -0.39 is 35.5 Å². The van der Waals surface area contributed by atoms with Gasteiger partial charge in [0.15, 0.2) is 23.1 Å². The molecule has 1 fully saturated rings. The van der Waals surface area contributed by atoms with Crippen molar-refractivity contribution in [1.82, 2.24) is 5.06 Å². The van der Waals surface area contributed by atoms with E-state index in [0.717, 1.165) is 5.57 Å². The number of aromatic hydroxyl groups is 1. The predicted molar refractivity (Wildman–Crippen MR) is 117 cm³/mol. The average Bonchev–Trinajstić information content (AvgIpc) is 3.02. The van der Waals surface area contributed by atoms with Crippen molar-refractivity contribution in [2.24, 2.45) is 17.8 Å². The molecule has 8 nitrogen and oxygen atoms in total. The number of hydrogen-bond acceptors (Lipinski definition) is 7. The van der Waals surface area contributed by atoms with Crippen LogP contribution in [-0.2, 0) is 19.2 Å². The van der Waals surface area contributed by atoms with Crippen molar-refractivity contribution < 1.29 is 34.2 Å². The van der Waals surface area contributed by atoms with Gasteiger partial charge in [0.25, 0.3) is 11.8 Å². The van der Waals surface area contributed by atoms with E-state index in [1.54, 1.807) is 19.1 Å². The quantitative estimate of drug-likeness (QED) is 0.270. The number of amides is 2. The van der Waals surface area contributed by atoms with E-state index in [2.05, 4.69) is 15.9 Å². The second-order valence-corrected chi connectivity index (χ2v) is 9.62. The summed E-state index contributed by atoms with van der Waals surface area (Å²) in [5.74, 6) is -4.49. The van der Waals surface area contributed by atoms with Crippen molar-refractivity contribution in [3.05, 3.63) is 56.6 Å². The summed E-state index contributed by atoms with van der Waals surface area (Å²) in [7, 11) is 1.41. The minimum Gasteiger partial charge on any atom is -0.503 e. The highest BCUT2D eigenvalue weighted by atomic mass is 79.9. The second kappa shape index (κ2) is 7.50. The first-order chi connectivity index (χ1) is 15.6. The van der Waals surface area contributed by atoms with Gasteiger partial charge in [-0.2, -0.15) is 5.06 Å². The lowest BCUT2D eigenvalue weighted by atomic mass is 9.59. The molecule has 3 aliphatic carbocycles. The maximum atomic E-state index is 13.3. The number of rotatable bonds is 2. The Morgan fingerprint density at radius 1 is 1.12 bits per heavy atom. The van der Waals surface area contributed by atoms with Gasteiger partial charge >= 0.3 is 0 Å². The van der Waals surface area contributed by atoms with Crippen LogP contribution in [0.4, 0.5) is 0 Å².